The number of hydrogen-bond acceptors (Lipinski definition) is 33. The largest absolute Gasteiger partial charge is 0.508 e. The van der Waals surface area contributed by atoms with Crippen LogP contribution < -0.4 is 72.0 Å². The summed E-state index contributed by atoms with van der Waals surface area (Å²) in [4.78, 5) is 138. The number of halogens is 2. The molecule has 0 radical (unpaired) electrons. The van der Waals surface area contributed by atoms with Crippen LogP contribution in [-0.4, -0.2) is 254 Å². The molecule has 704 valence electrons. The van der Waals surface area contributed by atoms with E-state index in [-0.39, 0.29) is 46.2 Å². The predicted molar refractivity (Wildman–Crippen MR) is 453 cm³/mol. The fourth-order valence-electron chi connectivity index (χ4n) is 16.2. The number of allylic oxidation sites excluding steroid dienone is 2. The lowest BCUT2D eigenvalue weighted by atomic mass is 9.89. The summed E-state index contributed by atoms with van der Waals surface area (Å²) in [5, 5.41) is 190. The van der Waals surface area contributed by atoms with Gasteiger partial charge in [0.15, 0.2) is 35.3 Å². The maximum absolute atomic E-state index is 17.0. The van der Waals surface area contributed by atoms with Gasteiger partial charge in [0, 0.05) is 48.6 Å². The van der Waals surface area contributed by atoms with Gasteiger partial charge in [-0.05, 0) is 132 Å². The number of ether oxygens (including phenoxy) is 9. The number of aliphatic carboxylic acids is 1. The Morgan fingerprint density at radius 2 is 1.07 bits per heavy atom. The van der Waals surface area contributed by atoms with Crippen LogP contribution in [0.25, 0.3) is 11.1 Å². The highest BCUT2D eigenvalue weighted by atomic mass is 35.5. The minimum Gasteiger partial charge on any atom is -0.508 e. The van der Waals surface area contributed by atoms with Crippen molar-refractivity contribution in [2.24, 2.45) is 5.73 Å². The van der Waals surface area contributed by atoms with E-state index in [0.717, 1.165) is 111 Å². The van der Waals surface area contributed by atoms with Gasteiger partial charge in [0.25, 0.3) is 0 Å². The molecule has 0 spiro atoms. The van der Waals surface area contributed by atoms with Gasteiger partial charge < -0.3 is 167 Å². The van der Waals surface area contributed by atoms with Crippen LogP contribution in [0.3, 0.4) is 0 Å². The quantitative estimate of drug-likeness (QED) is 0.0396. The van der Waals surface area contributed by atoms with Gasteiger partial charge in [-0.25, -0.2) is 4.79 Å². The molecule has 3 saturated heterocycles. The Hall–Kier alpha value is -12.3. The molecule has 25 N–H and O–H groups in total. The lowest BCUT2D eigenvalue weighted by Gasteiger charge is -2.44. The number of carbonyl (C=O) groups is 9. The van der Waals surface area contributed by atoms with E-state index < -0.39 is 316 Å². The van der Waals surface area contributed by atoms with Gasteiger partial charge in [-0.1, -0.05) is 79.4 Å². The second-order valence-corrected chi connectivity index (χ2v) is 33.2. The van der Waals surface area contributed by atoms with Crippen molar-refractivity contribution in [1.82, 2.24) is 42.5 Å². The molecule has 132 heavy (non-hydrogen) atoms. The standard InChI is InChI=1S/C88H95Cl2N9O33/c1-3-4-5-6-7-8-9-10-60(108)94-68-74(113)71(110)58(32-101)129-87(68)132-78-55-26-40-27-56(78)126-52-18-14-38(24-47(52)90)77(131-86-67(92-34(2)103)73(112)70(109)57(31-100)128-86)69-84(121)98-66(85(122)123)45-29-42(105)30-54(127-88-76(115)75(114)72(111)59(33-102)130-88)61(45)44-23-37(13-15-49(44)106)63(81(118)99-69)96-83(120)65(40)97-82(119)64-39-21-41(104)28-43(22-39)124-53-25-36(12-16-50(53)107)62(91)80(117)93-48(79(116)95-64)20-35-11-17-51(125-55)46(89)19-35/h7-8,11-19,21-30,48,57-59,62-77,86-88,100-102,104-107,109-115H,3-6,9-10,20,31-33,91H2,1-2H3,(H,92,103)(H,93,117)(H,94,108)(H,95,116)(H,96,120)(H,97,119)(H,98,121)(H,99,118)(H,122,123)/b8-7+/t48-,57-,58-,59-,62+,63-,64+,65-,66-,67-,68-,69+,70-,71+,72-,73-,74-,75+,76+,77-,86+,87+,88+/m1/s1. The summed E-state index contributed by atoms with van der Waals surface area (Å²) in [5.41, 5.74) is 2.76. The van der Waals surface area contributed by atoms with E-state index in [0.29, 0.717) is 6.42 Å². The number of carboxylic acid groups (broad SMARTS) is 1. The number of carboxylic acids is 1. The average Bonchev–Trinajstić information content (AvgIpc) is 0.757. The molecule has 0 aromatic heterocycles. The first-order valence-electron chi connectivity index (χ1n) is 41.7. The normalized spacial score (nSPS) is 28.9. The molecule has 0 aliphatic carbocycles. The van der Waals surface area contributed by atoms with Crippen LogP contribution >= 0.6 is 23.2 Å². The molecule has 8 amide bonds. The number of rotatable bonds is 19. The maximum Gasteiger partial charge on any atom is 0.330 e. The summed E-state index contributed by atoms with van der Waals surface area (Å²) in [6, 6.07) is 0.558. The van der Waals surface area contributed by atoms with Crippen LogP contribution in [0.4, 0.5) is 0 Å². The first-order valence-corrected chi connectivity index (χ1v) is 42.5. The van der Waals surface area contributed by atoms with Gasteiger partial charge in [0.05, 0.1) is 29.9 Å². The molecule has 0 unspecified atom stereocenters. The number of amides is 8. The Morgan fingerprint density at radius 3 is 1.70 bits per heavy atom. The van der Waals surface area contributed by atoms with Crippen LogP contribution in [0.2, 0.25) is 10.0 Å². The first kappa shape index (κ1) is 95.8. The van der Waals surface area contributed by atoms with Crippen LogP contribution in [0.1, 0.15) is 128 Å². The molecular formula is C88H95Cl2N9O33. The fourth-order valence-corrected chi connectivity index (χ4v) is 16.7. The Balaban J connectivity index is 1.04. The highest BCUT2D eigenvalue weighted by molar-refractivity contribution is 6.32. The molecule has 44 heteroatoms. The number of phenols is 4. The van der Waals surface area contributed by atoms with Gasteiger partial charge >= 0.3 is 5.97 Å². The van der Waals surface area contributed by atoms with Crippen molar-refractivity contribution in [3.8, 4) is 80.1 Å². The lowest BCUT2D eigenvalue weighted by molar-refractivity contribution is -0.284. The first-order chi connectivity index (χ1) is 63.0. The molecule has 9 aliphatic rings. The average molecular weight is 1880 g/mol. The summed E-state index contributed by atoms with van der Waals surface area (Å²) in [5.74, 6) is -19.7. The van der Waals surface area contributed by atoms with E-state index in [9.17, 15) is 95.8 Å². The third kappa shape index (κ3) is 20.6. The topological polar surface area (TPSA) is 662 Å². The number of phenolic OH excluding ortho intramolecular Hbond substituents is 4. The maximum atomic E-state index is 17.0. The molecule has 17 bridgehead atoms. The van der Waals surface area contributed by atoms with Crippen molar-refractivity contribution in [2.75, 3.05) is 19.8 Å². The number of aromatic hydroxyl groups is 4. The van der Waals surface area contributed by atoms with Crippen LogP contribution in [0.5, 0.6) is 69.0 Å². The minimum atomic E-state index is -2.59. The summed E-state index contributed by atoms with van der Waals surface area (Å²) in [7, 11) is 0. The van der Waals surface area contributed by atoms with E-state index in [2.05, 4.69) is 42.5 Å². The Bertz CT molecular complexity index is 5600. The zero-order chi connectivity index (χ0) is 94.7. The number of aliphatic hydroxyl groups excluding tert-OH is 10. The second-order valence-electron chi connectivity index (χ2n) is 32.3. The number of nitrogens with one attached hydrogen (secondary N) is 8. The lowest BCUT2D eigenvalue weighted by Crippen LogP contribution is -2.65. The summed E-state index contributed by atoms with van der Waals surface area (Å²) < 4.78 is 57.4. The molecule has 7 aromatic rings. The summed E-state index contributed by atoms with van der Waals surface area (Å²) >= 11 is 14.7. The minimum absolute atomic E-state index is 0.0251. The molecule has 7 aromatic carbocycles. The van der Waals surface area contributed by atoms with Crippen molar-refractivity contribution in [1.29, 1.82) is 0 Å². The van der Waals surface area contributed by atoms with Gasteiger partial charge in [-0.15, -0.1) is 0 Å². The van der Waals surface area contributed by atoms with Gasteiger partial charge in [-0.2, -0.15) is 0 Å². The Kier molecular flexibility index (Phi) is 29.6. The van der Waals surface area contributed by atoms with Gasteiger partial charge in [0.2, 0.25) is 65.6 Å². The molecular weight excluding hydrogens is 1780 g/mol. The van der Waals surface area contributed by atoms with Crippen molar-refractivity contribution < 1.29 is 162 Å². The number of unbranched alkanes of at least 4 members (excludes halogenated alkanes) is 3. The summed E-state index contributed by atoms with van der Waals surface area (Å²) in [6.45, 7) is -0.149. The van der Waals surface area contributed by atoms with Gasteiger partial charge in [0.1, 0.15) is 156 Å². The van der Waals surface area contributed by atoms with Crippen LogP contribution in [0.15, 0.2) is 127 Å². The van der Waals surface area contributed by atoms with Crippen molar-refractivity contribution in [2.45, 2.75) is 199 Å². The van der Waals surface area contributed by atoms with E-state index in [1.54, 1.807) is 6.08 Å². The highest BCUT2D eigenvalue weighted by Crippen LogP contribution is 2.51. The van der Waals surface area contributed by atoms with E-state index in [1.807, 2.05) is 13.0 Å². The number of nitrogens with two attached hydrogens (primary N) is 1. The number of hydrogen-bond donors (Lipinski definition) is 24. The van der Waals surface area contributed by atoms with Crippen molar-refractivity contribution >= 4 is 76.4 Å². The predicted octanol–water partition coefficient (Wildman–Crippen LogP) is 0.940. The molecule has 42 nitrogen and oxygen atoms in total. The number of aliphatic hydroxyl groups is 10. The molecule has 16 rings (SSSR count). The zero-order valence-corrected chi connectivity index (χ0v) is 71.4. The van der Waals surface area contributed by atoms with Crippen molar-refractivity contribution in [3.63, 3.8) is 0 Å². The molecule has 3 fully saturated rings. The zero-order valence-electron chi connectivity index (χ0n) is 69.9. The van der Waals surface area contributed by atoms with E-state index >= 15 is 24.0 Å². The van der Waals surface area contributed by atoms with E-state index in [1.165, 1.54) is 30.3 Å². The van der Waals surface area contributed by atoms with E-state index in [4.69, 9.17) is 71.6 Å². The highest BCUT2D eigenvalue weighted by Gasteiger charge is 2.52. The van der Waals surface area contributed by atoms with Crippen LogP contribution in [0, 0.1) is 0 Å². The SMILES string of the molecule is CCCCC/C=C/CCC(=O)N[C@H]1[C@H](Oc2c3cc4cc2Oc2ccc(cc2Cl)[C@@H](O[C@@H]2O[C@H](CO)[C@@H](O)[C@H](O)[C@H]2NC(C)=O)[C@@H]2NC(=O)[C@H](NC(=O)[C@@H]4NC(=O)[C@H]4NC(=O)[C@@H](Cc5ccc(c(Cl)c5)O3)NC(=O)[C@@H](N)c3ccc(O)c(c3)Oc3cc(O)cc4c3)c3ccc(O)c(c3)-c3c(O[C@H]4O[C@H](CO)[C@@H](O)[C@H](O)[C@@H]4O)cc(O)cc3[C@H](C(=O)O)NC2=O)O[C@H](CO)[C@H](O)[C@@H]1O. The van der Waals surface area contributed by atoms with Crippen molar-refractivity contribution in [3.05, 3.63) is 176 Å². The monoisotopic (exact) mass is 1880 g/mol. The smallest absolute Gasteiger partial charge is 0.330 e. The number of benzene rings is 7. The fraction of sp³-hybridized carbons (Fsp3) is 0.398. The van der Waals surface area contributed by atoms with Gasteiger partial charge in [-0.3, -0.25) is 38.4 Å². The third-order valence-corrected chi connectivity index (χ3v) is 23.7. The number of fused-ring (bicyclic) bond motifs is 14. The molecule has 0 saturated carbocycles. The molecule has 9 aliphatic heterocycles. The Morgan fingerprint density at radius 1 is 0.508 bits per heavy atom. The summed E-state index contributed by atoms with van der Waals surface area (Å²) in [6.07, 6.45) is -22.2. The number of carbonyl (C=O) groups excluding carboxylic acids is 8. The molecule has 9 heterocycles. The Labute approximate surface area is 759 Å². The van der Waals surface area contributed by atoms with Crippen LogP contribution in [-0.2, 0) is 68.5 Å². The third-order valence-electron chi connectivity index (χ3n) is 23.1. The second kappa shape index (κ2) is 40.8. The molecule has 23 atom stereocenters.